The fourth-order valence-electron chi connectivity index (χ4n) is 2.10. The minimum atomic E-state index is -0.170. The Morgan fingerprint density at radius 3 is 2.69 bits per heavy atom. The SMILES string of the molecule is CN1CCN(CC(N)CO)c2ccccc21. The first kappa shape index (κ1) is 11.2. The van der Waals surface area contributed by atoms with Gasteiger partial charge < -0.3 is 20.6 Å². The maximum Gasteiger partial charge on any atom is 0.0605 e. The van der Waals surface area contributed by atoms with Crippen LogP contribution in [-0.4, -0.2) is 44.4 Å². The van der Waals surface area contributed by atoms with Crippen LogP contribution in [0, 0.1) is 0 Å². The number of aliphatic hydroxyl groups is 1. The number of benzene rings is 1. The van der Waals surface area contributed by atoms with Gasteiger partial charge >= 0.3 is 0 Å². The molecule has 0 aromatic heterocycles. The van der Waals surface area contributed by atoms with Crippen molar-refractivity contribution in [2.24, 2.45) is 5.73 Å². The molecule has 2 rings (SSSR count). The standard InChI is InChI=1S/C12H19N3O/c1-14-6-7-15(8-10(13)9-16)12-5-3-2-4-11(12)14/h2-5,10,16H,6-9,13H2,1H3. The van der Waals surface area contributed by atoms with Crippen molar-refractivity contribution in [2.75, 3.05) is 43.1 Å². The van der Waals surface area contributed by atoms with Gasteiger partial charge in [0.1, 0.15) is 0 Å². The fourth-order valence-corrected chi connectivity index (χ4v) is 2.10. The summed E-state index contributed by atoms with van der Waals surface area (Å²) in [5.74, 6) is 0. The van der Waals surface area contributed by atoms with E-state index in [0.717, 1.165) is 13.1 Å². The maximum atomic E-state index is 9.00. The molecule has 0 spiro atoms. The topological polar surface area (TPSA) is 52.7 Å². The number of para-hydroxylation sites is 2. The zero-order valence-electron chi connectivity index (χ0n) is 9.63. The van der Waals surface area contributed by atoms with E-state index in [2.05, 4.69) is 29.0 Å². The first-order valence-corrected chi connectivity index (χ1v) is 5.64. The molecule has 0 bridgehead atoms. The summed E-state index contributed by atoms with van der Waals surface area (Å²) in [7, 11) is 2.10. The van der Waals surface area contributed by atoms with Crippen LogP contribution in [-0.2, 0) is 0 Å². The Morgan fingerprint density at radius 1 is 1.31 bits per heavy atom. The first-order chi connectivity index (χ1) is 7.72. The van der Waals surface area contributed by atoms with E-state index in [1.165, 1.54) is 11.4 Å². The number of nitrogens with zero attached hydrogens (tertiary/aromatic N) is 2. The van der Waals surface area contributed by atoms with E-state index in [1.807, 2.05) is 12.1 Å². The molecule has 88 valence electrons. The van der Waals surface area contributed by atoms with Gasteiger partial charge in [-0.15, -0.1) is 0 Å². The highest BCUT2D eigenvalue weighted by atomic mass is 16.3. The molecule has 4 heteroatoms. The van der Waals surface area contributed by atoms with Crippen molar-refractivity contribution in [3.8, 4) is 0 Å². The Balaban J connectivity index is 2.21. The molecular formula is C12H19N3O. The number of aliphatic hydroxyl groups excluding tert-OH is 1. The van der Waals surface area contributed by atoms with Crippen molar-refractivity contribution in [3.05, 3.63) is 24.3 Å². The second-order valence-corrected chi connectivity index (χ2v) is 4.30. The predicted octanol–water partition coefficient (Wildman–Crippen LogP) is 0.262. The summed E-state index contributed by atoms with van der Waals surface area (Å²) in [6, 6.07) is 8.14. The number of fused-ring (bicyclic) bond motifs is 1. The summed E-state index contributed by atoms with van der Waals surface area (Å²) < 4.78 is 0. The lowest BCUT2D eigenvalue weighted by atomic mass is 10.1. The minimum absolute atomic E-state index is 0.0362. The molecule has 0 fully saturated rings. The van der Waals surface area contributed by atoms with Crippen LogP contribution < -0.4 is 15.5 Å². The van der Waals surface area contributed by atoms with Gasteiger partial charge in [-0.25, -0.2) is 0 Å². The number of hydrogen-bond acceptors (Lipinski definition) is 4. The number of rotatable bonds is 3. The maximum absolute atomic E-state index is 9.00. The van der Waals surface area contributed by atoms with Crippen molar-refractivity contribution in [3.63, 3.8) is 0 Å². The van der Waals surface area contributed by atoms with E-state index in [4.69, 9.17) is 10.8 Å². The van der Waals surface area contributed by atoms with E-state index >= 15 is 0 Å². The smallest absolute Gasteiger partial charge is 0.0605 e. The van der Waals surface area contributed by atoms with E-state index in [0.29, 0.717) is 6.54 Å². The molecule has 0 saturated heterocycles. The molecule has 1 aromatic rings. The normalized spacial score (nSPS) is 17.2. The van der Waals surface area contributed by atoms with Gasteiger partial charge in [0.25, 0.3) is 0 Å². The summed E-state index contributed by atoms with van der Waals surface area (Å²) in [6.07, 6.45) is 0. The van der Waals surface area contributed by atoms with Crippen molar-refractivity contribution >= 4 is 11.4 Å². The molecule has 1 aromatic carbocycles. The zero-order chi connectivity index (χ0) is 11.5. The van der Waals surface area contributed by atoms with Crippen LogP contribution in [0.5, 0.6) is 0 Å². The minimum Gasteiger partial charge on any atom is -0.395 e. The molecule has 0 radical (unpaired) electrons. The lowest BCUT2D eigenvalue weighted by Gasteiger charge is -2.37. The van der Waals surface area contributed by atoms with Crippen molar-refractivity contribution in [2.45, 2.75) is 6.04 Å². The molecule has 3 N–H and O–H groups in total. The lowest BCUT2D eigenvalue weighted by Crippen LogP contribution is -2.46. The molecule has 0 amide bonds. The number of likely N-dealkylation sites (N-methyl/N-ethyl adjacent to an activating group) is 1. The Labute approximate surface area is 96.3 Å². The predicted molar refractivity (Wildman–Crippen MR) is 67.0 cm³/mol. The largest absolute Gasteiger partial charge is 0.395 e. The summed E-state index contributed by atoms with van der Waals surface area (Å²) >= 11 is 0. The van der Waals surface area contributed by atoms with Gasteiger partial charge in [-0.1, -0.05) is 12.1 Å². The van der Waals surface area contributed by atoms with E-state index in [-0.39, 0.29) is 12.6 Å². The lowest BCUT2D eigenvalue weighted by molar-refractivity contribution is 0.266. The quantitative estimate of drug-likeness (QED) is 0.769. The van der Waals surface area contributed by atoms with Gasteiger partial charge in [0.2, 0.25) is 0 Å². The Kier molecular flexibility index (Phi) is 3.31. The van der Waals surface area contributed by atoms with Crippen LogP contribution in [0.15, 0.2) is 24.3 Å². The van der Waals surface area contributed by atoms with Crippen LogP contribution in [0.1, 0.15) is 0 Å². The molecule has 1 heterocycles. The Hall–Kier alpha value is -1.26. The van der Waals surface area contributed by atoms with Crippen LogP contribution in [0.3, 0.4) is 0 Å². The molecule has 1 aliphatic heterocycles. The van der Waals surface area contributed by atoms with Gasteiger partial charge in [0, 0.05) is 32.7 Å². The molecule has 0 saturated carbocycles. The van der Waals surface area contributed by atoms with Gasteiger partial charge in [0.05, 0.1) is 18.0 Å². The summed E-state index contributed by atoms with van der Waals surface area (Å²) in [4.78, 5) is 4.49. The molecule has 4 nitrogen and oxygen atoms in total. The van der Waals surface area contributed by atoms with E-state index in [1.54, 1.807) is 0 Å². The van der Waals surface area contributed by atoms with Crippen LogP contribution in [0.2, 0.25) is 0 Å². The summed E-state index contributed by atoms with van der Waals surface area (Å²) in [6.45, 7) is 2.70. The third-order valence-corrected chi connectivity index (χ3v) is 3.03. The van der Waals surface area contributed by atoms with Crippen molar-refractivity contribution < 1.29 is 5.11 Å². The number of nitrogens with two attached hydrogens (primary N) is 1. The molecule has 0 aliphatic carbocycles. The van der Waals surface area contributed by atoms with Gasteiger partial charge in [-0.3, -0.25) is 0 Å². The highest BCUT2D eigenvalue weighted by molar-refractivity contribution is 5.73. The second kappa shape index (κ2) is 4.72. The third-order valence-electron chi connectivity index (χ3n) is 3.03. The molecule has 16 heavy (non-hydrogen) atoms. The first-order valence-electron chi connectivity index (χ1n) is 5.64. The third kappa shape index (κ3) is 2.13. The zero-order valence-corrected chi connectivity index (χ0v) is 9.63. The molecule has 1 aliphatic rings. The molecule has 1 atom stereocenters. The highest BCUT2D eigenvalue weighted by Crippen LogP contribution is 2.31. The van der Waals surface area contributed by atoms with Crippen LogP contribution in [0.25, 0.3) is 0 Å². The van der Waals surface area contributed by atoms with Gasteiger partial charge in [-0.05, 0) is 12.1 Å². The van der Waals surface area contributed by atoms with Crippen LogP contribution >= 0.6 is 0 Å². The van der Waals surface area contributed by atoms with Gasteiger partial charge in [-0.2, -0.15) is 0 Å². The molecule has 1 unspecified atom stereocenters. The van der Waals surface area contributed by atoms with Gasteiger partial charge in [0.15, 0.2) is 0 Å². The highest BCUT2D eigenvalue weighted by Gasteiger charge is 2.20. The summed E-state index contributed by atoms with van der Waals surface area (Å²) in [5, 5.41) is 9.00. The average Bonchev–Trinajstić information content (AvgIpc) is 2.33. The van der Waals surface area contributed by atoms with E-state index < -0.39 is 0 Å². The van der Waals surface area contributed by atoms with Crippen LogP contribution in [0.4, 0.5) is 11.4 Å². The monoisotopic (exact) mass is 221 g/mol. The Bertz CT molecular complexity index is 356. The second-order valence-electron chi connectivity index (χ2n) is 4.30. The Morgan fingerprint density at radius 2 is 2.00 bits per heavy atom. The number of anilines is 2. The van der Waals surface area contributed by atoms with Crippen molar-refractivity contribution in [1.82, 2.24) is 0 Å². The van der Waals surface area contributed by atoms with E-state index in [9.17, 15) is 0 Å². The summed E-state index contributed by atoms with van der Waals surface area (Å²) in [5.41, 5.74) is 8.23. The van der Waals surface area contributed by atoms with Crippen molar-refractivity contribution in [1.29, 1.82) is 0 Å². The molecular weight excluding hydrogens is 202 g/mol. The fraction of sp³-hybridized carbons (Fsp3) is 0.500. The average molecular weight is 221 g/mol. The number of hydrogen-bond donors (Lipinski definition) is 2.